The van der Waals surface area contributed by atoms with Gasteiger partial charge in [0.1, 0.15) is 0 Å². The molecule has 1 aromatic rings. The van der Waals surface area contributed by atoms with E-state index < -0.39 is 11.3 Å². The van der Waals surface area contributed by atoms with E-state index in [1.54, 1.807) is 0 Å². The van der Waals surface area contributed by atoms with Crippen molar-refractivity contribution in [1.29, 1.82) is 0 Å². The summed E-state index contributed by atoms with van der Waals surface area (Å²) in [4.78, 5) is 11.4. The topological polar surface area (TPSA) is 130 Å². The first-order valence-electron chi connectivity index (χ1n) is 4.82. The Hall–Kier alpha value is -1.10. The van der Waals surface area contributed by atoms with Gasteiger partial charge in [0.2, 0.25) is 16.2 Å². The van der Waals surface area contributed by atoms with Gasteiger partial charge < -0.3 is 11.1 Å². The highest BCUT2D eigenvalue weighted by atomic mass is 32.2. The van der Waals surface area contributed by atoms with Gasteiger partial charge in [-0.1, -0.05) is 11.3 Å². The van der Waals surface area contributed by atoms with Crippen LogP contribution in [0.25, 0.3) is 0 Å². The molecule has 1 amide bonds. The number of carbonyl (C=O) groups excluding carboxylic acids is 1. The van der Waals surface area contributed by atoms with Gasteiger partial charge in [0, 0.05) is 6.42 Å². The predicted octanol–water partition coefficient (Wildman–Crippen LogP) is 0.154. The van der Waals surface area contributed by atoms with Crippen LogP contribution in [-0.2, 0) is 16.1 Å². The molecule has 0 aliphatic carbocycles. The number of nitrogens with zero attached hydrogens (tertiary/aromatic N) is 2. The van der Waals surface area contributed by atoms with Crippen LogP contribution in [0, 0.1) is 0 Å². The minimum atomic E-state index is -2.19. The minimum Gasteiger partial charge on any atom is -0.330 e. The molecule has 0 aliphatic rings. The molecule has 1 rings (SSSR count). The van der Waals surface area contributed by atoms with Gasteiger partial charge in [-0.15, -0.1) is 10.2 Å². The summed E-state index contributed by atoms with van der Waals surface area (Å²) in [5.74, 6) is -0.175. The lowest BCUT2D eigenvalue weighted by molar-refractivity contribution is -0.116. The fourth-order valence-corrected chi connectivity index (χ4v) is 2.08. The van der Waals surface area contributed by atoms with E-state index >= 15 is 0 Å². The molecule has 0 aromatic carbocycles. The molecule has 1 heterocycles. The zero-order valence-electron chi connectivity index (χ0n) is 8.88. The summed E-state index contributed by atoms with van der Waals surface area (Å²) in [5.41, 5.74) is 5.30. The molecule has 0 saturated carbocycles. The van der Waals surface area contributed by atoms with E-state index in [2.05, 4.69) is 20.2 Å². The fraction of sp³-hybridized carbons (Fsp3) is 0.571. The Labute approximate surface area is 104 Å². The third-order valence-electron chi connectivity index (χ3n) is 1.70. The number of hydrogen-bond acceptors (Lipinski definition) is 6. The van der Waals surface area contributed by atoms with E-state index in [1.165, 1.54) is 0 Å². The molecule has 10 heteroatoms. The number of rotatable bonds is 7. The summed E-state index contributed by atoms with van der Waals surface area (Å²) in [6, 6.07) is 0. The Morgan fingerprint density at radius 3 is 2.76 bits per heavy atom. The molecule has 8 nitrogen and oxygen atoms in total. The zero-order chi connectivity index (χ0) is 12.7. The molecular formula is C7H13N5O3S2. The Kier molecular flexibility index (Phi) is 5.97. The first-order chi connectivity index (χ1) is 8.11. The largest absolute Gasteiger partial charge is 0.330 e. The molecule has 96 valence electrons. The molecule has 1 aromatic heterocycles. The van der Waals surface area contributed by atoms with Crippen LogP contribution in [0.5, 0.6) is 0 Å². The second kappa shape index (κ2) is 7.27. The van der Waals surface area contributed by atoms with Crippen molar-refractivity contribution in [2.75, 3.05) is 16.6 Å². The third kappa shape index (κ3) is 5.68. The lowest BCUT2D eigenvalue weighted by Crippen LogP contribution is -2.11. The van der Waals surface area contributed by atoms with Crippen LogP contribution in [0.3, 0.4) is 0 Å². The van der Waals surface area contributed by atoms with Gasteiger partial charge >= 0.3 is 0 Å². The standard InChI is InChI=1S/C7H13N5O3S2/c8-4-2-1-3-5(13)9-6-10-11-7(16-6)12-17(14)15/h1-4,8H2,(H,11,12)(H,14,15)(H,9,10,13). The lowest BCUT2D eigenvalue weighted by atomic mass is 10.2. The van der Waals surface area contributed by atoms with Crippen LogP contribution in [0.2, 0.25) is 0 Å². The maximum absolute atomic E-state index is 11.4. The summed E-state index contributed by atoms with van der Waals surface area (Å²) in [6.07, 6.45) is 1.87. The molecule has 0 bridgehead atoms. The summed E-state index contributed by atoms with van der Waals surface area (Å²) >= 11 is -1.20. The van der Waals surface area contributed by atoms with E-state index in [0.29, 0.717) is 19.4 Å². The SMILES string of the molecule is NCCCCC(=O)Nc1nnc(NS(=O)O)s1. The van der Waals surface area contributed by atoms with Crippen LogP contribution in [0.1, 0.15) is 19.3 Å². The molecule has 0 radical (unpaired) electrons. The van der Waals surface area contributed by atoms with Gasteiger partial charge in [0.05, 0.1) is 0 Å². The second-order valence-corrected chi connectivity index (χ2v) is 4.74. The van der Waals surface area contributed by atoms with Gasteiger partial charge in [-0.3, -0.25) is 14.1 Å². The maximum Gasteiger partial charge on any atom is 0.261 e. The first kappa shape index (κ1) is 14.0. The number of nitrogens with two attached hydrogens (primary N) is 1. The van der Waals surface area contributed by atoms with E-state index in [9.17, 15) is 9.00 Å². The molecule has 17 heavy (non-hydrogen) atoms. The molecule has 1 unspecified atom stereocenters. The first-order valence-corrected chi connectivity index (χ1v) is 6.75. The number of nitrogens with one attached hydrogen (secondary N) is 2. The highest BCUT2D eigenvalue weighted by Crippen LogP contribution is 2.20. The van der Waals surface area contributed by atoms with E-state index in [-0.39, 0.29) is 16.2 Å². The highest BCUT2D eigenvalue weighted by molar-refractivity contribution is 7.80. The fourth-order valence-electron chi connectivity index (χ4n) is 1.00. The average Bonchev–Trinajstić information content (AvgIpc) is 2.64. The third-order valence-corrected chi connectivity index (χ3v) is 2.96. The summed E-state index contributed by atoms with van der Waals surface area (Å²) < 4.78 is 21.1. The number of anilines is 2. The van der Waals surface area contributed by atoms with E-state index in [4.69, 9.17) is 10.3 Å². The van der Waals surface area contributed by atoms with Gasteiger partial charge in [0.25, 0.3) is 11.3 Å². The van der Waals surface area contributed by atoms with Crippen molar-refractivity contribution >= 4 is 38.8 Å². The van der Waals surface area contributed by atoms with Crippen molar-refractivity contribution < 1.29 is 13.6 Å². The Morgan fingerprint density at radius 1 is 1.41 bits per heavy atom. The van der Waals surface area contributed by atoms with Crippen molar-refractivity contribution in [2.24, 2.45) is 5.73 Å². The summed E-state index contributed by atoms with van der Waals surface area (Å²) in [7, 11) is 0. The van der Waals surface area contributed by atoms with Crippen molar-refractivity contribution in [2.45, 2.75) is 19.3 Å². The Bertz CT molecular complexity index is 397. The summed E-state index contributed by atoms with van der Waals surface area (Å²) in [6.45, 7) is 0.558. The van der Waals surface area contributed by atoms with Crippen LogP contribution in [-0.4, -0.2) is 31.4 Å². The minimum absolute atomic E-state index is 0.170. The normalized spacial score (nSPS) is 12.1. The molecule has 0 saturated heterocycles. The van der Waals surface area contributed by atoms with E-state index in [0.717, 1.165) is 17.8 Å². The van der Waals surface area contributed by atoms with Crippen molar-refractivity contribution in [3.63, 3.8) is 0 Å². The average molecular weight is 279 g/mol. The number of hydrogen-bond donors (Lipinski definition) is 4. The number of amides is 1. The van der Waals surface area contributed by atoms with Crippen molar-refractivity contribution in [3.8, 4) is 0 Å². The van der Waals surface area contributed by atoms with Crippen molar-refractivity contribution in [3.05, 3.63) is 0 Å². The Balaban J connectivity index is 2.38. The van der Waals surface area contributed by atoms with Gasteiger partial charge in [-0.2, -0.15) is 0 Å². The molecule has 1 atom stereocenters. The molecule has 0 spiro atoms. The maximum atomic E-state index is 11.4. The zero-order valence-corrected chi connectivity index (χ0v) is 10.5. The molecule has 0 aliphatic heterocycles. The monoisotopic (exact) mass is 279 g/mol. The van der Waals surface area contributed by atoms with Gasteiger partial charge in [-0.05, 0) is 19.4 Å². The van der Waals surface area contributed by atoms with Crippen LogP contribution >= 0.6 is 11.3 Å². The molecule has 5 N–H and O–H groups in total. The number of carbonyl (C=O) groups is 1. The van der Waals surface area contributed by atoms with Gasteiger partial charge in [0.15, 0.2) is 0 Å². The lowest BCUT2D eigenvalue weighted by Gasteiger charge is -1.99. The van der Waals surface area contributed by atoms with Crippen LogP contribution < -0.4 is 15.8 Å². The van der Waals surface area contributed by atoms with Gasteiger partial charge in [-0.25, -0.2) is 4.21 Å². The van der Waals surface area contributed by atoms with E-state index in [1.807, 2.05) is 0 Å². The summed E-state index contributed by atoms with van der Waals surface area (Å²) in [5, 5.41) is 10.2. The second-order valence-electron chi connectivity index (χ2n) is 3.06. The number of unbranched alkanes of at least 4 members (excludes halogenated alkanes) is 1. The molecular weight excluding hydrogens is 266 g/mol. The Morgan fingerprint density at radius 2 is 2.12 bits per heavy atom. The quantitative estimate of drug-likeness (QED) is 0.415. The van der Waals surface area contributed by atoms with Crippen LogP contribution in [0.15, 0.2) is 0 Å². The van der Waals surface area contributed by atoms with Crippen molar-refractivity contribution in [1.82, 2.24) is 10.2 Å². The number of aromatic nitrogens is 2. The van der Waals surface area contributed by atoms with Crippen LogP contribution in [0.4, 0.5) is 10.3 Å². The predicted molar refractivity (Wildman–Crippen MR) is 65.8 cm³/mol. The smallest absolute Gasteiger partial charge is 0.261 e. The molecule has 0 fully saturated rings. The highest BCUT2D eigenvalue weighted by Gasteiger charge is 2.08.